The molecular weight excluding hydrogens is 286 g/mol. The maximum Gasteiger partial charge on any atom is 0.243 e. The summed E-state index contributed by atoms with van der Waals surface area (Å²) in [5.74, 6) is 0.347. The molecule has 118 valence electrons. The van der Waals surface area contributed by atoms with Crippen molar-refractivity contribution < 1.29 is 14.3 Å². The molecule has 0 saturated carbocycles. The molecule has 0 saturated heterocycles. The molecule has 0 bridgehead atoms. The minimum Gasteiger partial charge on any atom is -0.492 e. The molecule has 0 radical (unpaired) electrons. The smallest absolute Gasteiger partial charge is 0.243 e. The van der Waals surface area contributed by atoms with Gasteiger partial charge in [0.1, 0.15) is 31.1 Å². The van der Waals surface area contributed by atoms with Crippen LogP contribution in [-0.2, 0) is 16.1 Å². The van der Waals surface area contributed by atoms with Crippen molar-refractivity contribution >= 4 is 11.6 Å². The Morgan fingerprint density at radius 2 is 2.36 bits per heavy atom. The number of ether oxygens (including phenoxy) is 2. The summed E-state index contributed by atoms with van der Waals surface area (Å²) in [6, 6.07) is 6.40. The first-order valence-corrected chi connectivity index (χ1v) is 6.79. The van der Waals surface area contributed by atoms with E-state index in [0.717, 1.165) is 0 Å². The largest absolute Gasteiger partial charge is 0.492 e. The van der Waals surface area contributed by atoms with E-state index in [4.69, 9.17) is 15.2 Å². The number of hydrogen-bond donors (Lipinski definition) is 2. The summed E-state index contributed by atoms with van der Waals surface area (Å²) in [7, 11) is 1.50. The van der Waals surface area contributed by atoms with E-state index < -0.39 is 6.04 Å². The molecule has 2 aromatic rings. The van der Waals surface area contributed by atoms with E-state index in [1.807, 2.05) is 6.07 Å². The van der Waals surface area contributed by atoms with Gasteiger partial charge in [0.2, 0.25) is 5.91 Å². The summed E-state index contributed by atoms with van der Waals surface area (Å²) < 4.78 is 12.1. The SMILES string of the molecule is COCC(N)C(=O)Nc1cccc(OCCn2cncn2)c1. The average Bonchev–Trinajstić information content (AvgIpc) is 3.01. The Balaban J connectivity index is 1.85. The van der Waals surface area contributed by atoms with Crippen molar-refractivity contribution in [3.05, 3.63) is 36.9 Å². The molecule has 0 fully saturated rings. The second-order valence-electron chi connectivity index (χ2n) is 4.59. The lowest BCUT2D eigenvalue weighted by atomic mass is 10.2. The molecule has 0 aliphatic rings. The highest BCUT2D eigenvalue weighted by atomic mass is 16.5. The van der Waals surface area contributed by atoms with Gasteiger partial charge in [0.05, 0.1) is 13.2 Å². The Morgan fingerprint density at radius 3 is 3.09 bits per heavy atom. The number of carbonyl (C=O) groups excluding carboxylic acids is 1. The van der Waals surface area contributed by atoms with Crippen molar-refractivity contribution in [2.24, 2.45) is 5.73 Å². The summed E-state index contributed by atoms with van der Waals surface area (Å²) in [5.41, 5.74) is 6.28. The number of benzene rings is 1. The summed E-state index contributed by atoms with van der Waals surface area (Å²) in [6.45, 7) is 1.21. The molecule has 1 atom stereocenters. The van der Waals surface area contributed by atoms with Crippen LogP contribution in [0.15, 0.2) is 36.9 Å². The molecule has 1 aromatic carbocycles. The first kappa shape index (κ1) is 15.9. The zero-order valence-electron chi connectivity index (χ0n) is 12.3. The number of carbonyl (C=O) groups is 1. The standard InChI is InChI=1S/C14H19N5O3/c1-21-8-13(15)14(20)18-11-3-2-4-12(7-11)22-6-5-19-10-16-9-17-19/h2-4,7,9-10,13H,5-6,8,15H2,1H3,(H,18,20). The minimum absolute atomic E-state index is 0.167. The van der Waals surface area contributed by atoms with Crippen LogP contribution in [-0.4, -0.2) is 47.0 Å². The molecule has 1 aromatic heterocycles. The van der Waals surface area contributed by atoms with Gasteiger partial charge < -0.3 is 20.5 Å². The molecule has 1 unspecified atom stereocenters. The van der Waals surface area contributed by atoms with E-state index in [2.05, 4.69) is 15.4 Å². The van der Waals surface area contributed by atoms with Crippen molar-refractivity contribution in [2.75, 3.05) is 25.6 Å². The van der Waals surface area contributed by atoms with E-state index in [0.29, 0.717) is 24.6 Å². The third-order valence-corrected chi connectivity index (χ3v) is 2.84. The molecule has 1 amide bonds. The van der Waals surface area contributed by atoms with E-state index in [9.17, 15) is 4.79 Å². The quantitative estimate of drug-likeness (QED) is 0.725. The zero-order chi connectivity index (χ0) is 15.8. The van der Waals surface area contributed by atoms with Crippen molar-refractivity contribution in [1.82, 2.24) is 14.8 Å². The minimum atomic E-state index is -0.707. The average molecular weight is 305 g/mol. The number of rotatable bonds is 8. The second-order valence-corrected chi connectivity index (χ2v) is 4.59. The first-order valence-electron chi connectivity index (χ1n) is 6.79. The summed E-state index contributed by atoms with van der Waals surface area (Å²) >= 11 is 0. The number of hydrogen-bond acceptors (Lipinski definition) is 6. The van der Waals surface area contributed by atoms with Crippen LogP contribution in [0.3, 0.4) is 0 Å². The molecule has 3 N–H and O–H groups in total. The van der Waals surface area contributed by atoms with E-state index in [1.54, 1.807) is 29.2 Å². The van der Waals surface area contributed by atoms with Crippen LogP contribution in [0.1, 0.15) is 0 Å². The molecule has 2 rings (SSSR count). The summed E-state index contributed by atoms with van der Waals surface area (Å²) in [5, 5.41) is 6.70. The number of nitrogens with two attached hydrogens (primary N) is 1. The number of nitrogens with one attached hydrogen (secondary N) is 1. The van der Waals surface area contributed by atoms with Crippen molar-refractivity contribution in [1.29, 1.82) is 0 Å². The van der Waals surface area contributed by atoms with Crippen LogP contribution in [0, 0.1) is 0 Å². The zero-order valence-corrected chi connectivity index (χ0v) is 12.3. The van der Waals surface area contributed by atoms with E-state index in [1.165, 1.54) is 13.4 Å². The number of amides is 1. The third kappa shape index (κ3) is 4.83. The van der Waals surface area contributed by atoms with Gasteiger partial charge >= 0.3 is 0 Å². The molecular formula is C14H19N5O3. The first-order chi connectivity index (χ1) is 10.7. The van der Waals surface area contributed by atoms with Crippen molar-refractivity contribution in [3.8, 4) is 5.75 Å². The lowest BCUT2D eigenvalue weighted by Crippen LogP contribution is -2.39. The Bertz CT molecular complexity index is 588. The third-order valence-electron chi connectivity index (χ3n) is 2.84. The highest BCUT2D eigenvalue weighted by molar-refractivity contribution is 5.94. The van der Waals surface area contributed by atoms with Crippen molar-refractivity contribution in [3.63, 3.8) is 0 Å². The summed E-state index contributed by atoms with van der Waals surface area (Å²) in [4.78, 5) is 15.7. The van der Waals surface area contributed by atoms with Crippen LogP contribution in [0.4, 0.5) is 5.69 Å². The van der Waals surface area contributed by atoms with Gasteiger partial charge in [-0.15, -0.1) is 0 Å². The fourth-order valence-electron chi connectivity index (χ4n) is 1.76. The lowest BCUT2D eigenvalue weighted by molar-refractivity contribution is -0.118. The normalized spacial score (nSPS) is 11.9. The Hall–Kier alpha value is -2.45. The number of methoxy groups -OCH3 is 1. The maximum absolute atomic E-state index is 11.8. The van der Waals surface area contributed by atoms with Gasteiger partial charge in [-0.25, -0.2) is 9.67 Å². The highest BCUT2D eigenvalue weighted by Gasteiger charge is 2.13. The van der Waals surface area contributed by atoms with E-state index in [-0.39, 0.29) is 12.5 Å². The van der Waals surface area contributed by atoms with Crippen LogP contribution >= 0.6 is 0 Å². The van der Waals surface area contributed by atoms with Gasteiger partial charge in [-0.2, -0.15) is 5.10 Å². The predicted molar refractivity (Wildman–Crippen MR) is 80.4 cm³/mol. The molecule has 22 heavy (non-hydrogen) atoms. The van der Waals surface area contributed by atoms with Gasteiger partial charge in [-0.3, -0.25) is 4.79 Å². The maximum atomic E-state index is 11.8. The number of aromatic nitrogens is 3. The Labute approximate surface area is 128 Å². The predicted octanol–water partition coefficient (Wildman–Crippen LogP) is 0.269. The van der Waals surface area contributed by atoms with Gasteiger partial charge in [-0.1, -0.05) is 6.07 Å². The topological polar surface area (TPSA) is 104 Å². The van der Waals surface area contributed by atoms with Crippen LogP contribution in [0.5, 0.6) is 5.75 Å². The molecule has 8 nitrogen and oxygen atoms in total. The van der Waals surface area contributed by atoms with Crippen molar-refractivity contribution in [2.45, 2.75) is 12.6 Å². The van der Waals surface area contributed by atoms with Gasteiger partial charge in [0.15, 0.2) is 0 Å². The van der Waals surface area contributed by atoms with Gasteiger partial charge in [0, 0.05) is 18.9 Å². The lowest BCUT2D eigenvalue weighted by Gasteiger charge is -2.12. The summed E-state index contributed by atoms with van der Waals surface area (Å²) in [6.07, 6.45) is 3.09. The number of nitrogens with zero attached hydrogens (tertiary/aromatic N) is 3. The van der Waals surface area contributed by atoms with E-state index >= 15 is 0 Å². The monoisotopic (exact) mass is 305 g/mol. The molecule has 8 heteroatoms. The Kier molecular flexibility index (Phi) is 5.87. The molecule has 0 aliphatic carbocycles. The number of anilines is 1. The molecule has 0 spiro atoms. The highest BCUT2D eigenvalue weighted by Crippen LogP contribution is 2.17. The Morgan fingerprint density at radius 1 is 1.50 bits per heavy atom. The van der Waals surface area contributed by atoms with Gasteiger partial charge in [-0.05, 0) is 12.1 Å². The van der Waals surface area contributed by atoms with Crippen LogP contribution < -0.4 is 15.8 Å². The second kappa shape index (κ2) is 8.11. The fraction of sp³-hybridized carbons (Fsp3) is 0.357. The van der Waals surface area contributed by atoms with Crippen LogP contribution in [0.25, 0.3) is 0 Å². The molecule has 1 heterocycles. The van der Waals surface area contributed by atoms with Gasteiger partial charge in [0.25, 0.3) is 0 Å². The fourth-order valence-corrected chi connectivity index (χ4v) is 1.76. The molecule has 0 aliphatic heterocycles. The van der Waals surface area contributed by atoms with Crippen LogP contribution in [0.2, 0.25) is 0 Å².